The van der Waals surface area contributed by atoms with E-state index in [1.165, 1.54) is 0 Å². The van der Waals surface area contributed by atoms with Crippen LogP contribution in [0.2, 0.25) is 0 Å². The number of nitrogens with zero attached hydrogens (tertiary/aromatic N) is 1. The Morgan fingerprint density at radius 3 is 2.11 bits per heavy atom. The van der Waals surface area contributed by atoms with E-state index >= 15 is 0 Å². The summed E-state index contributed by atoms with van der Waals surface area (Å²) in [5.74, 6) is 0.769. The van der Waals surface area contributed by atoms with Crippen LogP contribution in [-0.4, -0.2) is 0 Å². The van der Waals surface area contributed by atoms with Crippen molar-refractivity contribution in [3.63, 3.8) is 0 Å². The van der Waals surface area contributed by atoms with Crippen molar-refractivity contribution in [2.24, 2.45) is 0 Å². The van der Waals surface area contributed by atoms with E-state index < -0.39 is 0 Å². The topological polar surface area (TPSA) is 33.0 Å². The minimum Gasteiger partial charge on any atom is -0.427 e. The SMILES string of the molecule is N#Cc1ccccc1-c1ccccc1OI.[CH2-]C.[Pd]. The molecule has 0 heterocycles. The molecule has 0 bridgehead atoms. The zero-order valence-corrected chi connectivity index (χ0v) is 14.1. The van der Waals surface area contributed by atoms with Crippen LogP contribution in [0.4, 0.5) is 0 Å². The summed E-state index contributed by atoms with van der Waals surface area (Å²) in [6, 6.07) is 17.4. The third-order valence-corrected chi connectivity index (χ3v) is 2.78. The number of benzene rings is 2. The number of rotatable bonds is 2. The summed E-state index contributed by atoms with van der Waals surface area (Å²) in [7, 11) is 0. The van der Waals surface area contributed by atoms with E-state index in [1.807, 2.05) is 65.5 Å². The minimum absolute atomic E-state index is 0. The van der Waals surface area contributed by atoms with Crippen LogP contribution < -0.4 is 3.07 Å². The fourth-order valence-electron chi connectivity index (χ4n) is 1.57. The largest absolute Gasteiger partial charge is 0.427 e. The van der Waals surface area contributed by atoms with Gasteiger partial charge in [0.25, 0.3) is 0 Å². The Hall–Kier alpha value is -0.878. The molecule has 0 saturated heterocycles. The second kappa shape index (κ2) is 9.98. The fraction of sp³-hybridized carbons (Fsp3) is 0.0667. The molecule has 2 aromatic rings. The van der Waals surface area contributed by atoms with Crippen molar-refractivity contribution in [2.75, 3.05) is 0 Å². The van der Waals surface area contributed by atoms with Crippen molar-refractivity contribution < 1.29 is 23.5 Å². The molecular weight excluding hydrogens is 443 g/mol. The van der Waals surface area contributed by atoms with Gasteiger partial charge in [-0.15, -0.1) is 0 Å². The van der Waals surface area contributed by atoms with Gasteiger partial charge >= 0.3 is 0 Å². The van der Waals surface area contributed by atoms with Crippen LogP contribution >= 0.6 is 23.0 Å². The van der Waals surface area contributed by atoms with E-state index in [9.17, 15) is 0 Å². The molecular formula is C15H13INOPd-. The summed E-state index contributed by atoms with van der Waals surface area (Å²) < 4.78 is 5.26. The molecule has 2 rings (SSSR count). The van der Waals surface area contributed by atoms with E-state index in [2.05, 4.69) is 13.0 Å². The number of nitriles is 1. The van der Waals surface area contributed by atoms with Crippen molar-refractivity contribution in [3.05, 3.63) is 61.0 Å². The van der Waals surface area contributed by atoms with E-state index in [0.717, 1.165) is 16.9 Å². The minimum atomic E-state index is 0. The number of halogens is 1. The molecule has 0 N–H and O–H groups in total. The summed E-state index contributed by atoms with van der Waals surface area (Å²) >= 11 is 1.85. The quantitative estimate of drug-likeness (QED) is 0.370. The van der Waals surface area contributed by atoms with Crippen LogP contribution in [0.15, 0.2) is 48.5 Å². The molecule has 0 amide bonds. The molecule has 19 heavy (non-hydrogen) atoms. The number of para-hydroxylation sites is 1. The Bertz CT molecular complexity index is 552. The first-order valence-corrected chi connectivity index (χ1v) is 6.32. The second-order valence-corrected chi connectivity index (χ2v) is 3.67. The first-order valence-electron chi connectivity index (χ1n) is 5.44. The molecule has 4 heteroatoms. The van der Waals surface area contributed by atoms with Crippen molar-refractivity contribution in [1.29, 1.82) is 5.26 Å². The van der Waals surface area contributed by atoms with Gasteiger partial charge in [0, 0.05) is 31.5 Å². The summed E-state index contributed by atoms with van der Waals surface area (Å²) in [6.45, 7) is 5.00. The standard InChI is InChI=1S/C13H8INO.C2H5.Pd/c14-16-13-8-4-3-7-12(13)11-6-2-1-5-10(11)9-15;1-2;/h1-8H;1H2,2H3;/q;-1;. The molecule has 0 aliphatic heterocycles. The van der Waals surface area contributed by atoms with Crippen LogP contribution in [-0.2, 0) is 20.4 Å². The van der Waals surface area contributed by atoms with Crippen molar-refractivity contribution >= 4 is 23.0 Å². The Balaban J connectivity index is 0.00000103. The average Bonchev–Trinajstić information content (AvgIpc) is 2.49. The van der Waals surface area contributed by atoms with Gasteiger partial charge in [0.15, 0.2) is 23.0 Å². The maximum Gasteiger partial charge on any atom is 0.192 e. The van der Waals surface area contributed by atoms with Gasteiger partial charge in [0.1, 0.15) is 5.75 Å². The third kappa shape index (κ3) is 4.62. The second-order valence-electron chi connectivity index (χ2n) is 3.23. The summed E-state index contributed by atoms with van der Waals surface area (Å²) in [6.07, 6.45) is 0. The van der Waals surface area contributed by atoms with Crippen molar-refractivity contribution in [1.82, 2.24) is 0 Å². The molecule has 0 spiro atoms. The van der Waals surface area contributed by atoms with Gasteiger partial charge in [0.05, 0.1) is 11.6 Å². The van der Waals surface area contributed by atoms with E-state index in [1.54, 1.807) is 13.0 Å². The zero-order valence-electron chi connectivity index (χ0n) is 10.4. The van der Waals surface area contributed by atoms with Crippen LogP contribution in [0.5, 0.6) is 5.75 Å². The molecule has 0 saturated carbocycles. The Kier molecular flexibility index (Phi) is 9.51. The van der Waals surface area contributed by atoms with Gasteiger partial charge in [-0.1, -0.05) is 36.4 Å². The molecule has 102 valence electrons. The summed E-state index contributed by atoms with van der Waals surface area (Å²) in [5.41, 5.74) is 2.50. The predicted molar refractivity (Wildman–Crippen MR) is 82.3 cm³/mol. The van der Waals surface area contributed by atoms with Crippen molar-refractivity contribution in [2.45, 2.75) is 6.92 Å². The molecule has 0 unspecified atom stereocenters. The molecule has 0 radical (unpaired) electrons. The van der Waals surface area contributed by atoms with Gasteiger partial charge in [-0.2, -0.15) is 12.2 Å². The van der Waals surface area contributed by atoms with E-state index in [4.69, 9.17) is 8.33 Å². The number of hydrogen-bond donors (Lipinski definition) is 0. The van der Waals surface area contributed by atoms with Crippen LogP contribution in [0.3, 0.4) is 0 Å². The smallest absolute Gasteiger partial charge is 0.192 e. The first kappa shape index (κ1) is 18.1. The fourth-order valence-corrected chi connectivity index (χ4v) is 1.96. The third-order valence-electron chi connectivity index (χ3n) is 2.31. The van der Waals surface area contributed by atoms with E-state index in [-0.39, 0.29) is 20.4 Å². The predicted octanol–water partition coefficient (Wildman–Crippen LogP) is 4.79. The molecule has 0 atom stereocenters. The first-order chi connectivity index (χ1) is 8.86. The molecule has 2 aromatic carbocycles. The molecule has 0 fully saturated rings. The van der Waals surface area contributed by atoms with Gasteiger partial charge in [-0.3, -0.25) is 0 Å². The molecule has 0 aliphatic carbocycles. The monoisotopic (exact) mass is 456 g/mol. The Morgan fingerprint density at radius 2 is 1.53 bits per heavy atom. The van der Waals surface area contributed by atoms with E-state index in [0.29, 0.717) is 5.56 Å². The number of hydrogen-bond acceptors (Lipinski definition) is 2. The molecule has 0 aliphatic rings. The van der Waals surface area contributed by atoms with Crippen LogP contribution in [0.1, 0.15) is 12.5 Å². The van der Waals surface area contributed by atoms with Crippen molar-refractivity contribution in [3.8, 4) is 22.9 Å². The van der Waals surface area contributed by atoms with Crippen LogP contribution in [0, 0.1) is 18.3 Å². The maximum absolute atomic E-state index is 9.05. The Morgan fingerprint density at radius 1 is 1.00 bits per heavy atom. The van der Waals surface area contributed by atoms with Gasteiger partial charge in [-0.05, 0) is 12.1 Å². The molecule has 2 nitrogen and oxygen atoms in total. The molecule has 0 aromatic heterocycles. The average molecular weight is 457 g/mol. The zero-order chi connectivity index (χ0) is 13.4. The maximum atomic E-state index is 9.05. The van der Waals surface area contributed by atoms with Gasteiger partial charge in [0.2, 0.25) is 0 Å². The normalized spacial score (nSPS) is 8.32. The Labute approximate surface area is 142 Å². The van der Waals surface area contributed by atoms with Gasteiger partial charge < -0.3 is 9.99 Å². The van der Waals surface area contributed by atoms with Crippen LogP contribution in [0.25, 0.3) is 11.1 Å². The summed E-state index contributed by atoms with van der Waals surface area (Å²) in [5, 5.41) is 9.05. The van der Waals surface area contributed by atoms with Gasteiger partial charge in [-0.25, -0.2) is 0 Å². The summed E-state index contributed by atoms with van der Waals surface area (Å²) in [4.78, 5) is 0.